The number of carbonyl (C=O) groups excluding carboxylic acids is 3. The normalized spacial score (nSPS) is 18.6. The minimum absolute atomic E-state index is 0.143. The van der Waals surface area contributed by atoms with Crippen molar-refractivity contribution in [3.8, 4) is 0 Å². The molecule has 10 heteroatoms. The van der Waals surface area contributed by atoms with Crippen molar-refractivity contribution >= 4 is 23.7 Å². The third-order valence-electron chi connectivity index (χ3n) is 4.59. The molecular formula is C17H25N5O5. The second-order valence-corrected chi connectivity index (χ2v) is 6.42. The summed E-state index contributed by atoms with van der Waals surface area (Å²) < 4.78 is 0. The zero-order valence-electron chi connectivity index (χ0n) is 15.2. The Hall–Kier alpha value is -2.59. The highest BCUT2D eigenvalue weighted by Crippen LogP contribution is 2.25. The maximum absolute atomic E-state index is 13.0. The van der Waals surface area contributed by atoms with Gasteiger partial charge in [0.05, 0.1) is 5.92 Å². The van der Waals surface area contributed by atoms with E-state index >= 15 is 0 Å². The molecule has 1 aliphatic heterocycles. The lowest BCUT2D eigenvalue weighted by Crippen LogP contribution is -2.50. The van der Waals surface area contributed by atoms with Gasteiger partial charge in [-0.25, -0.2) is 15.4 Å². The molecule has 4 N–H and O–H groups in total. The average Bonchev–Trinajstić information content (AvgIpc) is 3.18. The molecule has 3 atom stereocenters. The number of aliphatic hydroxyl groups is 1. The number of aliphatic hydroxyl groups excluding tert-OH is 1. The van der Waals surface area contributed by atoms with Gasteiger partial charge in [0.15, 0.2) is 0 Å². The smallest absolute Gasteiger partial charge is 0.272 e. The predicted octanol–water partition coefficient (Wildman–Crippen LogP) is 0.0788. The van der Waals surface area contributed by atoms with Crippen LogP contribution in [0.2, 0.25) is 0 Å². The molecule has 0 spiro atoms. The van der Waals surface area contributed by atoms with Gasteiger partial charge in [-0.05, 0) is 25.3 Å². The molecule has 2 heterocycles. The van der Waals surface area contributed by atoms with Crippen LogP contribution in [0.15, 0.2) is 18.5 Å². The van der Waals surface area contributed by atoms with Crippen molar-refractivity contribution in [2.75, 3.05) is 11.9 Å². The highest BCUT2D eigenvalue weighted by Gasteiger charge is 2.41. The van der Waals surface area contributed by atoms with Gasteiger partial charge >= 0.3 is 0 Å². The predicted molar refractivity (Wildman–Crippen MR) is 94.3 cm³/mol. The summed E-state index contributed by atoms with van der Waals surface area (Å²) in [5, 5.41) is 21.5. The van der Waals surface area contributed by atoms with Crippen LogP contribution in [0.25, 0.3) is 0 Å². The Labute approximate surface area is 156 Å². The van der Waals surface area contributed by atoms with Crippen molar-refractivity contribution in [3.05, 3.63) is 18.5 Å². The first-order chi connectivity index (χ1) is 13.0. The highest BCUT2D eigenvalue weighted by atomic mass is 16.5. The van der Waals surface area contributed by atoms with E-state index in [-0.39, 0.29) is 12.4 Å². The molecule has 0 bridgehead atoms. The van der Waals surface area contributed by atoms with E-state index in [1.807, 2.05) is 6.92 Å². The van der Waals surface area contributed by atoms with Crippen LogP contribution in [0.3, 0.4) is 0 Å². The summed E-state index contributed by atoms with van der Waals surface area (Å²) in [6.45, 7) is 2.27. The summed E-state index contributed by atoms with van der Waals surface area (Å²) in [6.07, 6.45) is 4.05. The number of carbonyl (C=O) groups is 3. The number of hydroxylamine groups is 1. The van der Waals surface area contributed by atoms with Crippen LogP contribution in [-0.4, -0.2) is 61.6 Å². The number of nitrogens with zero attached hydrogens (tertiary/aromatic N) is 3. The van der Waals surface area contributed by atoms with Gasteiger partial charge in [-0.1, -0.05) is 19.8 Å². The van der Waals surface area contributed by atoms with Crippen LogP contribution in [-0.2, 0) is 14.4 Å². The van der Waals surface area contributed by atoms with Crippen LogP contribution < -0.4 is 10.8 Å². The number of rotatable bonds is 8. The van der Waals surface area contributed by atoms with E-state index < -0.39 is 35.8 Å². The van der Waals surface area contributed by atoms with Gasteiger partial charge in [-0.15, -0.1) is 0 Å². The van der Waals surface area contributed by atoms with E-state index in [0.29, 0.717) is 25.8 Å². The Morgan fingerprint density at radius 2 is 2.04 bits per heavy atom. The number of anilines is 1. The molecule has 3 amide bonds. The zero-order valence-corrected chi connectivity index (χ0v) is 15.2. The number of aromatic nitrogens is 2. The van der Waals surface area contributed by atoms with Gasteiger partial charge in [-0.3, -0.25) is 24.9 Å². The van der Waals surface area contributed by atoms with Crippen molar-refractivity contribution in [1.82, 2.24) is 20.3 Å². The lowest BCUT2D eigenvalue weighted by Gasteiger charge is -2.29. The van der Waals surface area contributed by atoms with Gasteiger partial charge in [0.2, 0.25) is 17.8 Å². The zero-order chi connectivity index (χ0) is 19.8. The minimum Gasteiger partial charge on any atom is -0.382 e. The standard InChI is InChI=1S/C17H25N5O5/c1-2-3-6-11(13(23)15(25)21-27)16(26)22-10-4-7-12(22)14(24)20-17-18-8-5-9-19-17/h5,8-9,11-13,23,27H,2-4,6-7,10H2,1H3,(H,21,25)(H,18,19,20,24)/t11-,12+,13+/m1/s1. The number of likely N-dealkylation sites (tertiary alicyclic amines) is 1. The first-order valence-electron chi connectivity index (χ1n) is 9.00. The van der Waals surface area contributed by atoms with E-state index in [4.69, 9.17) is 5.21 Å². The summed E-state index contributed by atoms with van der Waals surface area (Å²) in [7, 11) is 0. The monoisotopic (exact) mass is 379 g/mol. The summed E-state index contributed by atoms with van der Waals surface area (Å²) >= 11 is 0. The van der Waals surface area contributed by atoms with E-state index in [1.54, 1.807) is 6.07 Å². The molecular weight excluding hydrogens is 354 g/mol. The Bertz CT molecular complexity index is 656. The third kappa shape index (κ3) is 5.20. The van der Waals surface area contributed by atoms with Gasteiger partial charge in [0.1, 0.15) is 12.1 Å². The molecule has 0 aromatic carbocycles. The third-order valence-corrected chi connectivity index (χ3v) is 4.59. The average molecular weight is 379 g/mol. The molecule has 27 heavy (non-hydrogen) atoms. The fourth-order valence-electron chi connectivity index (χ4n) is 3.16. The molecule has 1 aliphatic rings. The lowest BCUT2D eigenvalue weighted by molar-refractivity contribution is -0.152. The number of hydrogen-bond acceptors (Lipinski definition) is 7. The van der Waals surface area contributed by atoms with Crippen molar-refractivity contribution in [2.24, 2.45) is 5.92 Å². The van der Waals surface area contributed by atoms with Crippen LogP contribution in [0.1, 0.15) is 39.0 Å². The van der Waals surface area contributed by atoms with E-state index in [9.17, 15) is 19.5 Å². The van der Waals surface area contributed by atoms with Crippen LogP contribution in [0.5, 0.6) is 0 Å². The Morgan fingerprint density at radius 1 is 1.33 bits per heavy atom. The number of hydrogen-bond donors (Lipinski definition) is 4. The summed E-state index contributed by atoms with van der Waals surface area (Å²) in [6, 6.07) is 0.891. The van der Waals surface area contributed by atoms with Crippen molar-refractivity contribution in [2.45, 2.75) is 51.2 Å². The highest BCUT2D eigenvalue weighted by molar-refractivity contribution is 5.97. The van der Waals surface area contributed by atoms with Gasteiger partial charge in [-0.2, -0.15) is 0 Å². The Kier molecular flexibility index (Phi) is 7.62. The van der Waals surface area contributed by atoms with E-state index in [1.165, 1.54) is 22.8 Å². The molecule has 0 unspecified atom stereocenters. The van der Waals surface area contributed by atoms with Gasteiger partial charge < -0.3 is 10.0 Å². The van der Waals surface area contributed by atoms with Gasteiger partial charge in [0.25, 0.3) is 5.91 Å². The van der Waals surface area contributed by atoms with E-state index in [2.05, 4.69) is 15.3 Å². The number of nitrogens with one attached hydrogen (secondary N) is 2. The fraction of sp³-hybridized carbons (Fsp3) is 0.588. The SMILES string of the molecule is CCCC[C@@H](C(=O)N1CCC[C@H]1C(=O)Nc1ncccn1)[C@H](O)C(=O)NO. The minimum atomic E-state index is -1.68. The molecule has 1 saturated heterocycles. The molecule has 0 saturated carbocycles. The maximum Gasteiger partial charge on any atom is 0.272 e. The molecule has 1 fully saturated rings. The molecule has 10 nitrogen and oxygen atoms in total. The Balaban J connectivity index is 2.12. The number of amides is 3. The first-order valence-corrected chi connectivity index (χ1v) is 9.00. The van der Waals surface area contributed by atoms with Crippen molar-refractivity contribution in [3.63, 3.8) is 0 Å². The molecule has 0 radical (unpaired) electrons. The topological polar surface area (TPSA) is 145 Å². The second kappa shape index (κ2) is 9.93. The molecule has 2 rings (SSSR count). The van der Waals surface area contributed by atoms with Crippen LogP contribution in [0.4, 0.5) is 5.95 Å². The largest absolute Gasteiger partial charge is 0.382 e. The molecule has 148 valence electrons. The Morgan fingerprint density at radius 3 is 2.67 bits per heavy atom. The van der Waals surface area contributed by atoms with Crippen molar-refractivity contribution < 1.29 is 24.7 Å². The summed E-state index contributed by atoms with van der Waals surface area (Å²) in [5.74, 6) is -2.82. The summed E-state index contributed by atoms with van der Waals surface area (Å²) in [5.41, 5.74) is 1.38. The molecule has 1 aromatic rings. The maximum atomic E-state index is 13.0. The number of unbranched alkanes of at least 4 members (excludes halogenated alkanes) is 1. The fourth-order valence-corrected chi connectivity index (χ4v) is 3.16. The van der Waals surface area contributed by atoms with Crippen molar-refractivity contribution in [1.29, 1.82) is 0 Å². The molecule has 1 aromatic heterocycles. The van der Waals surface area contributed by atoms with Crippen LogP contribution >= 0.6 is 0 Å². The first kappa shape index (κ1) is 20.7. The van der Waals surface area contributed by atoms with E-state index in [0.717, 1.165) is 6.42 Å². The summed E-state index contributed by atoms with van der Waals surface area (Å²) in [4.78, 5) is 46.4. The van der Waals surface area contributed by atoms with Gasteiger partial charge in [0, 0.05) is 18.9 Å². The van der Waals surface area contributed by atoms with Crippen LogP contribution in [0, 0.1) is 5.92 Å². The molecule has 0 aliphatic carbocycles. The lowest BCUT2D eigenvalue weighted by atomic mass is 9.93. The second-order valence-electron chi connectivity index (χ2n) is 6.42. The quantitative estimate of drug-likeness (QED) is 0.370.